The molecule has 8 heteroatoms. The fourth-order valence-corrected chi connectivity index (χ4v) is 5.11. The molecule has 41 heavy (non-hydrogen) atoms. The van der Waals surface area contributed by atoms with Gasteiger partial charge in [0.05, 0.1) is 38.1 Å². The summed E-state index contributed by atoms with van der Waals surface area (Å²) in [6.07, 6.45) is 2.32. The van der Waals surface area contributed by atoms with Gasteiger partial charge in [-0.1, -0.05) is 30.3 Å². The topological polar surface area (TPSA) is 91.7 Å². The van der Waals surface area contributed by atoms with E-state index in [1.54, 1.807) is 32.4 Å². The maximum Gasteiger partial charge on any atom is 0.328 e. The summed E-state index contributed by atoms with van der Waals surface area (Å²) in [5, 5.41) is 4.59. The second kappa shape index (κ2) is 11.7. The number of fused-ring (bicyclic) bond motifs is 2. The molecule has 0 unspecified atom stereocenters. The first-order valence-electron chi connectivity index (χ1n) is 13.4. The number of aromatic nitrogens is 2. The van der Waals surface area contributed by atoms with Gasteiger partial charge in [0.1, 0.15) is 17.5 Å². The van der Waals surface area contributed by atoms with Crippen LogP contribution in [0.15, 0.2) is 79.0 Å². The van der Waals surface area contributed by atoms with Crippen LogP contribution in [0.2, 0.25) is 0 Å². The number of carbonyl (C=O) groups excluding carboxylic acids is 2. The number of esters is 1. The number of hydrogen-bond donors (Lipinski definition) is 1. The molecular formula is C33H33N3O5. The fraction of sp³-hybridized carbons (Fsp3) is 0.242. The number of hydrogen-bond acceptors (Lipinski definition) is 6. The van der Waals surface area contributed by atoms with E-state index in [4.69, 9.17) is 19.2 Å². The van der Waals surface area contributed by atoms with E-state index in [2.05, 4.69) is 29.8 Å². The number of nitrogens with zero attached hydrogens (tertiary/aromatic N) is 2. The second-order valence-electron chi connectivity index (χ2n) is 10.1. The highest BCUT2D eigenvalue weighted by Gasteiger charge is 2.26. The summed E-state index contributed by atoms with van der Waals surface area (Å²) in [6, 6.07) is 22.0. The lowest BCUT2D eigenvalue weighted by atomic mass is 10.0. The zero-order chi connectivity index (χ0) is 29.1. The molecule has 1 atom stereocenters. The van der Waals surface area contributed by atoms with Gasteiger partial charge in [-0.05, 0) is 61.9 Å². The first kappa shape index (κ1) is 27.7. The van der Waals surface area contributed by atoms with E-state index in [0.717, 1.165) is 22.0 Å². The first-order valence-corrected chi connectivity index (χ1v) is 13.4. The van der Waals surface area contributed by atoms with Crippen LogP contribution in [0.4, 0.5) is 0 Å². The highest BCUT2D eigenvalue weighted by molar-refractivity contribution is 6.08. The Morgan fingerprint density at radius 1 is 0.878 bits per heavy atom. The Bertz CT molecular complexity index is 1740. The molecule has 0 aliphatic heterocycles. The van der Waals surface area contributed by atoms with E-state index < -0.39 is 17.9 Å². The van der Waals surface area contributed by atoms with E-state index in [1.807, 2.05) is 54.7 Å². The summed E-state index contributed by atoms with van der Waals surface area (Å²) in [6.45, 7) is 4.22. The van der Waals surface area contributed by atoms with Crippen LogP contribution in [-0.4, -0.2) is 48.8 Å². The third-order valence-electron chi connectivity index (χ3n) is 7.22. The molecule has 3 aromatic carbocycles. The van der Waals surface area contributed by atoms with Crippen molar-refractivity contribution in [1.29, 1.82) is 0 Å². The Hall–Kier alpha value is -4.85. The molecule has 0 radical (unpaired) electrons. The lowest BCUT2D eigenvalue weighted by molar-refractivity contribution is -0.142. The predicted molar refractivity (Wildman–Crippen MR) is 160 cm³/mol. The van der Waals surface area contributed by atoms with Crippen molar-refractivity contribution in [3.05, 3.63) is 90.1 Å². The lowest BCUT2D eigenvalue weighted by Crippen LogP contribution is -2.43. The van der Waals surface area contributed by atoms with E-state index in [0.29, 0.717) is 33.7 Å². The summed E-state index contributed by atoms with van der Waals surface area (Å²) in [4.78, 5) is 31.7. The minimum Gasteiger partial charge on any atom is -0.497 e. The molecular weight excluding hydrogens is 518 g/mol. The molecule has 0 bridgehead atoms. The average molecular weight is 552 g/mol. The number of para-hydroxylation sites is 1. The van der Waals surface area contributed by atoms with Gasteiger partial charge in [-0.3, -0.25) is 4.79 Å². The van der Waals surface area contributed by atoms with Gasteiger partial charge in [0, 0.05) is 40.5 Å². The minimum atomic E-state index is -0.909. The lowest BCUT2D eigenvalue weighted by Gasteiger charge is -2.18. The van der Waals surface area contributed by atoms with E-state index in [-0.39, 0.29) is 12.5 Å². The standard InChI is InChI=1S/C33H33N3O5/c1-20(2)36-19-22(25-11-6-7-12-31(25)36)16-30(33(38)41-5)35-32(37)27-18-29(21-9-8-10-23(15-21)39-3)34-28-14-13-24(40-4)17-26(27)28/h6-15,17-20,30H,16H2,1-5H3,(H,35,37)/t30-/m1/s1. The van der Waals surface area contributed by atoms with Gasteiger partial charge in [-0.2, -0.15) is 0 Å². The van der Waals surface area contributed by atoms with Gasteiger partial charge < -0.3 is 24.1 Å². The number of benzene rings is 3. The van der Waals surface area contributed by atoms with Crippen molar-refractivity contribution in [2.45, 2.75) is 32.4 Å². The molecule has 0 aliphatic rings. The van der Waals surface area contributed by atoms with Crippen LogP contribution >= 0.6 is 0 Å². The van der Waals surface area contributed by atoms with E-state index >= 15 is 0 Å². The monoisotopic (exact) mass is 551 g/mol. The first-order chi connectivity index (χ1) is 19.8. The van der Waals surface area contributed by atoms with Crippen molar-refractivity contribution in [1.82, 2.24) is 14.9 Å². The van der Waals surface area contributed by atoms with E-state index in [1.165, 1.54) is 7.11 Å². The van der Waals surface area contributed by atoms with Crippen LogP contribution < -0.4 is 14.8 Å². The maximum absolute atomic E-state index is 13.9. The Labute approximate surface area is 238 Å². The van der Waals surface area contributed by atoms with Crippen molar-refractivity contribution in [3.63, 3.8) is 0 Å². The average Bonchev–Trinajstić information content (AvgIpc) is 3.38. The molecule has 2 heterocycles. The molecule has 5 rings (SSSR count). The van der Waals surface area contributed by atoms with Crippen LogP contribution in [0, 0.1) is 0 Å². The number of amides is 1. The van der Waals surface area contributed by atoms with Crippen LogP contribution in [0.25, 0.3) is 33.1 Å². The zero-order valence-electron chi connectivity index (χ0n) is 23.8. The molecule has 210 valence electrons. The normalized spacial score (nSPS) is 12.0. The molecule has 0 fully saturated rings. The van der Waals surface area contributed by atoms with Gasteiger partial charge in [-0.15, -0.1) is 0 Å². The number of carbonyl (C=O) groups is 2. The van der Waals surface area contributed by atoms with E-state index in [9.17, 15) is 9.59 Å². The highest BCUT2D eigenvalue weighted by Crippen LogP contribution is 2.30. The van der Waals surface area contributed by atoms with Crippen molar-refractivity contribution in [2.24, 2.45) is 0 Å². The maximum atomic E-state index is 13.9. The van der Waals surface area contributed by atoms with Gasteiger partial charge in [0.15, 0.2) is 0 Å². The summed E-state index contributed by atoms with van der Waals surface area (Å²) < 4.78 is 18.1. The molecule has 5 aromatic rings. The van der Waals surface area contributed by atoms with Crippen LogP contribution in [0.3, 0.4) is 0 Å². The number of ether oxygens (including phenoxy) is 3. The van der Waals surface area contributed by atoms with Crippen LogP contribution in [0.5, 0.6) is 11.5 Å². The quantitative estimate of drug-likeness (QED) is 0.227. The molecule has 1 N–H and O–H groups in total. The molecule has 0 aliphatic carbocycles. The van der Waals surface area contributed by atoms with Crippen molar-refractivity contribution < 1.29 is 23.8 Å². The van der Waals surface area contributed by atoms with Gasteiger partial charge in [0.25, 0.3) is 5.91 Å². The molecule has 0 spiro atoms. The molecule has 2 aromatic heterocycles. The number of methoxy groups -OCH3 is 3. The highest BCUT2D eigenvalue weighted by atomic mass is 16.5. The Balaban J connectivity index is 1.56. The molecule has 0 saturated heterocycles. The third kappa shape index (κ3) is 5.59. The number of rotatable bonds is 9. The van der Waals surface area contributed by atoms with Crippen molar-refractivity contribution in [3.8, 4) is 22.8 Å². The smallest absolute Gasteiger partial charge is 0.328 e. The van der Waals surface area contributed by atoms with Crippen molar-refractivity contribution >= 4 is 33.7 Å². The Morgan fingerprint density at radius 3 is 2.37 bits per heavy atom. The Kier molecular flexibility index (Phi) is 7.92. The Morgan fingerprint density at radius 2 is 1.63 bits per heavy atom. The molecule has 8 nitrogen and oxygen atoms in total. The predicted octanol–water partition coefficient (Wildman–Crippen LogP) is 5.97. The van der Waals surface area contributed by atoms with Crippen molar-refractivity contribution in [2.75, 3.05) is 21.3 Å². The van der Waals surface area contributed by atoms with Crippen LogP contribution in [0.1, 0.15) is 35.8 Å². The zero-order valence-corrected chi connectivity index (χ0v) is 23.8. The molecule has 1 amide bonds. The minimum absolute atomic E-state index is 0.230. The molecule has 0 saturated carbocycles. The summed E-state index contributed by atoms with van der Waals surface area (Å²) in [5.41, 5.74) is 4.39. The van der Waals surface area contributed by atoms with Crippen LogP contribution in [-0.2, 0) is 16.0 Å². The van der Waals surface area contributed by atoms with Gasteiger partial charge in [-0.25, -0.2) is 9.78 Å². The fourth-order valence-electron chi connectivity index (χ4n) is 5.11. The number of nitrogens with one attached hydrogen (secondary N) is 1. The van der Waals surface area contributed by atoms with Gasteiger partial charge in [0.2, 0.25) is 0 Å². The third-order valence-corrected chi connectivity index (χ3v) is 7.22. The van der Waals surface area contributed by atoms with Gasteiger partial charge >= 0.3 is 5.97 Å². The summed E-state index contributed by atoms with van der Waals surface area (Å²) >= 11 is 0. The SMILES string of the molecule is COC(=O)[C@@H](Cc1cn(C(C)C)c2ccccc12)NC(=O)c1cc(-c2cccc(OC)c2)nc2ccc(OC)cc12. The summed E-state index contributed by atoms with van der Waals surface area (Å²) in [7, 11) is 4.50. The number of pyridine rings is 1. The second-order valence-corrected chi connectivity index (χ2v) is 10.1. The summed E-state index contributed by atoms with van der Waals surface area (Å²) in [5.74, 6) is 0.325. The largest absolute Gasteiger partial charge is 0.497 e.